The summed E-state index contributed by atoms with van der Waals surface area (Å²) in [5, 5.41) is 8.95. The van der Waals surface area contributed by atoms with Crippen molar-refractivity contribution in [2.75, 3.05) is 19.6 Å². The van der Waals surface area contributed by atoms with Crippen molar-refractivity contribution in [3.8, 4) is 5.75 Å². The molecular weight excluding hydrogens is 381 g/mol. The summed E-state index contributed by atoms with van der Waals surface area (Å²) in [6, 6.07) is 11.5. The third-order valence-electron chi connectivity index (χ3n) is 6.50. The molecule has 1 atom stereocenters. The number of nitrogens with zero attached hydrogens (tertiary/aromatic N) is 1. The van der Waals surface area contributed by atoms with Gasteiger partial charge < -0.3 is 14.7 Å². The van der Waals surface area contributed by atoms with E-state index in [0.29, 0.717) is 5.56 Å². The van der Waals surface area contributed by atoms with E-state index in [-0.39, 0.29) is 30.2 Å². The lowest BCUT2D eigenvalue weighted by Crippen LogP contribution is -2.57. The Morgan fingerprint density at radius 2 is 2.00 bits per heavy atom. The zero-order chi connectivity index (χ0) is 21.3. The molecule has 4 nitrogen and oxygen atoms in total. The van der Waals surface area contributed by atoms with Gasteiger partial charge in [-0.1, -0.05) is 32.0 Å². The van der Waals surface area contributed by atoms with Crippen molar-refractivity contribution in [1.29, 1.82) is 0 Å². The number of carbonyl (C=O) groups is 1. The Hall–Kier alpha value is -2.40. The Morgan fingerprint density at radius 1 is 1.23 bits per heavy atom. The van der Waals surface area contributed by atoms with Gasteiger partial charge in [0.2, 0.25) is 0 Å². The Bertz CT molecular complexity index is 936. The molecule has 2 aliphatic rings. The molecule has 1 spiro atoms. The Labute approximate surface area is 177 Å². The number of carboxylic acids is 1. The maximum Gasteiger partial charge on any atom is 0.303 e. The van der Waals surface area contributed by atoms with Crippen molar-refractivity contribution in [3.05, 3.63) is 64.5 Å². The van der Waals surface area contributed by atoms with Gasteiger partial charge >= 0.3 is 5.97 Å². The van der Waals surface area contributed by atoms with Gasteiger partial charge in [0, 0.05) is 37.0 Å². The maximum absolute atomic E-state index is 14.2. The summed E-state index contributed by atoms with van der Waals surface area (Å²) in [6.45, 7) is 7.17. The standard InChI is InChI=1S/C25H30FNO3/c1-3-18-5-4-6-23(26)22(18)14-30-21-8-7-19-11-25(12-20(19)10-21)15-27(16-25)13-17(2)9-24(28)29/h4-8,10,17H,3,9,11-16H2,1-2H3,(H,28,29). The maximum atomic E-state index is 14.2. The minimum atomic E-state index is -0.722. The van der Waals surface area contributed by atoms with Crippen LogP contribution in [-0.2, 0) is 30.7 Å². The van der Waals surface area contributed by atoms with E-state index in [4.69, 9.17) is 9.84 Å². The number of carboxylic acid groups (broad SMARTS) is 1. The molecule has 5 heteroatoms. The van der Waals surface area contributed by atoms with E-state index in [1.807, 2.05) is 26.0 Å². The number of rotatable bonds is 8. The average molecular weight is 412 g/mol. The summed E-state index contributed by atoms with van der Waals surface area (Å²) >= 11 is 0. The van der Waals surface area contributed by atoms with E-state index in [0.717, 1.165) is 50.2 Å². The van der Waals surface area contributed by atoms with Crippen LogP contribution in [0, 0.1) is 17.2 Å². The van der Waals surface area contributed by atoms with Gasteiger partial charge in [0.1, 0.15) is 18.2 Å². The lowest BCUT2D eigenvalue weighted by atomic mass is 9.76. The van der Waals surface area contributed by atoms with E-state index in [2.05, 4.69) is 17.0 Å². The summed E-state index contributed by atoms with van der Waals surface area (Å²) in [5.41, 5.74) is 4.62. The van der Waals surface area contributed by atoms with Crippen LogP contribution in [0.2, 0.25) is 0 Å². The highest BCUT2D eigenvalue weighted by atomic mass is 19.1. The van der Waals surface area contributed by atoms with Crippen molar-refractivity contribution in [2.24, 2.45) is 11.3 Å². The summed E-state index contributed by atoms with van der Waals surface area (Å²) in [7, 11) is 0. The first kappa shape index (κ1) is 20.9. The molecule has 30 heavy (non-hydrogen) atoms. The number of aliphatic carboxylic acids is 1. The molecule has 0 amide bonds. The summed E-state index contributed by atoms with van der Waals surface area (Å²) in [4.78, 5) is 13.3. The second kappa shape index (κ2) is 8.38. The smallest absolute Gasteiger partial charge is 0.303 e. The van der Waals surface area contributed by atoms with E-state index in [9.17, 15) is 9.18 Å². The van der Waals surface area contributed by atoms with Crippen LogP contribution in [0.25, 0.3) is 0 Å². The molecule has 0 aromatic heterocycles. The Morgan fingerprint density at radius 3 is 2.73 bits per heavy atom. The number of likely N-dealkylation sites (tertiary alicyclic amines) is 1. The minimum Gasteiger partial charge on any atom is -0.489 e. The number of fused-ring (bicyclic) bond motifs is 1. The molecule has 1 saturated heterocycles. The van der Waals surface area contributed by atoms with Gasteiger partial charge in [-0.25, -0.2) is 4.39 Å². The Balaban J connectivity index is 1.35. The number of ether oxygens (including phenoxy) is 1. The van der Waals surface area contributed by atoms with Gasteiger partial charge in [-0.2, -0.15) is 0 Å². The van der Waals surface area contributed by atoms with Crippen molar-refractivity contribution in [2.45, 2.75) is 46.1 Å². The third-order valence-corrected chi connectivity index (χ3v) is 6.50. The quantitative estimate of drug-likeness (QED) is 0.696. The van der Waals surface area contributed by atoms with Gasteiger partial charge in [0.25, 0.3) is 0 Å². The predicted octanol–water partition coefficient (Wildman–Crippen LogP) is 4.48. The molecule has 4 rings (SSSR count). The molecule has 1 aliphatic carbocycles. The highest BCUT2D eigenvalue weighted by molar-refractivity contribution is 5.66. The van der Waals surface area contributed by atoms with Gasteiger partial charge in [-0.05, 0) is 60.1 Å². The highest BCUT2D eigenvalue weighted by Gasteiger charge is 2.46. The molecule has 160 valence electrons. The van der Waals surface area contributed by atoms with Crippen molar-refractivity contribution >= 4 is 5.97 Å². The number of aryl methyl sites for hydroxylation is 1. The van der Waals surface area contributed by atoms with Gasteiger partial charge in [-0.15, -0.1) is 0 Å². The summed E-state index contributed by atoms with van der Waals surface area (Å²) < 4.78 is 20.2. The van der Waals surface area contributed by atoms with Crippen LogP contribution in [0.5, 0.6) is 5.75 Å². The van der Waals surface area contributed by atoms with E-state index in [1.54, 1.807) is 6.07 Å². The minimum absolute atomic E-state index is 0.176. The lowest BCUT2D eigenvalue weighted by Gasteiger charge is -2.49. The van der Waals surface area contributed by atoms with Gasteiger partial charge in [0.15, 0.2) is 0 Å². The monoisotopic (exact) mass is 411 g/mol. The first-order chi connectivity index (χ1) is 14.4. The van der Waals surface area contributed by atoms with Crippen LogP contribution in [0.1, 0.15) is 42.5 Å². The van der Waals surface area contributed by atoms with Crippen molar-refractivity contribution in [3.63, 3.8) is 0 Å². The molecule has 1 aliphatic heterocycles. The molecule has 0 saturated carbocycles. The number of hydrogen-bond donors (Lipinski definition) is 1. The first-order valence-corrected chi connectivity index (χ1v) is 10.8. The topological polar surface area (TPSA) is 49.8 Å². The fourth-order valence-electron chi connectivity index (χ4n) is 5.21. The SMILES string of the molecule is CCc1cccc(F)c1COc1ccc2c(c1)CC1(C2)CN(CC(C)CC(=O)O)C1. The number of hydrogen-bond acceptors (Lipinski definition) is 3. The lowest BCUT2D eigenvalue weighted by molar-refractivity contribution is -0.138. The molecule has 1 fully saturated rings. The van der Waals surface area contributed by atoms with Crippen LogP contribution < -0.4 is 4.74 Å². The van der Waals surface area contributed by atoms with E-state index >= 15 is 0 Å². The second-order valence-electron chi connectivity index (χ2n) is 9.18. The molecule has 1 unspecified atom stereocenters. The van der Waals surface area contributed by atoms with E-state index < -0.39 is 5.97 Å². The van der Waals surface area contributed by atoms with Crippen molar-refractivity contribution in [1.82, 2.24) is 4.90 Å². The molecule has 1 heterocycles. The number of halogens is 1. The second-order valence-corrected chi connectivity index (χ2v) is 9.18. The fourth-order valence-corrected chi connectivity index (χ4v) is 5.21. The average Bonchev–Trinajstić information content (AvgIpc) is 3.04. The molecule has 2 aromatic rings. The molecular formula is C25H30FNO3. The summed E-state index contributed by atoms with van der Waals surface area (Å²) in [6.07, 6.45) is 3.11. The Kier molecular flexibility index (Phi) is 5.83. The zero-order valence-corrected chi connectivity index (χ0v) is 17.8. The molecule has 1 N–H and O–H groups in total. The molecule has 0 radical (unpaired) electrons. The van der Waals surface area contributed by atoms with Crippen LogP contribution >= 0.6 is 0 Å². The van der Waals surface area contributed by atoms with Crippen LogP contribution in [0.15, 0.2) is 36.4 Å². The van der Waals surface area contributed by atoms with Crippen LogP contribution in [0.4, 0.5) is 4.39 Å². The van der Waals surface area contributed by atoms with Crippen LogP contribution in [0.3, 0.4) is 0 Å². The van der Waals surface area contributed by atoms with E-state index in [1.165, 1.54) is 17.2 Å². The van der Waals surface area contributed by atoms with Gasteiger partial charge in [0.05, 0.1) is 0 Å². The predicted molar refractivity (Wildman–Crippen MR) is 114 cm³/mol. The first-order valence-electron chi connectivity index (χ1n) is 10.8. The third kappa shape index (κ3) is 4.36. The zero-order valence-electron chi connectivity index (χ0n) is 17.8. The van der Waals surface area contributed by atoms with Gasteiger partial charge in [-0.3, -0.25) is 4.79 Å². The summed E-state index contributed by atoms with van der Waals surface area (Å²) in [5.74, 6) is 0.0403. The normalized spacial score (nSPS) is 18.1. The molecule has 0 bridgehead atoms. The fraction of sp³-hybridized carbons (Fsp3) is 0.480. The van der Waals surface area contributed by atoms with Crippen molar-refractivity contribution < 1.29 is 19.0 Å². The molecule has 2 aromatic carbocycles. The number of benzene rings is 2. The van der Waals surface area contributed by atoms with Crippen LogP contribution in [-0.4, -0.2) is 35.6 Å². The highest BCUT2D eigenvalue weighted by Crippen LogP contribution is 2.45. The largest absolute Gasteiger partial charge is 0.489 e.